The molecule has 3 rings (SSSR count). The van der Waals surface area contributed by atoms with E-state index in [1.54, 1.807) is 6.08 Å². The van der Waals surface area contributed by atoms with Gasteiger partial charge in [0, 0.05) is 19.0 Å². The molecule has 3 aromatic rings. The zero-order chi connectivity index (χ0) is 15.5. The fraction of sp³-hybridized carbons (Fsp3) is 0.200. The van der Waals surface area contributed by atoms with Gasteiger partial charge in [0.25, 0.3) is 0 Å². The van der Waals surface area contributed by atoms with E-state index in [2.05, 4.69) is 27.1 Å². The lowest BCUT2D eigenvalue weighted by Crippen LogP contribution is -2.25. The van der Waals surface area contributed by atoms with Crippen molar-refractivity contribution in [3.05, 3.63) is 36.9 Å². The highest BCUT2D eigenvalue weighted by atomic mass is 32.2. The molecule has 0 aliphatic rings. The monoisotopic (exact) mass is 313 g/mol. The lowest BCUT2D eigenvalue weighted by Gasteiger charge is -2.01. The van der Waals surface area contributed by atoms with E-state index < -0.39 is 0 Å². The second kappa shape index (κ2) is 6.15. The number of nitrogens with zero attached hydrogens (tertiary/aromatic N) is 4. The van der Waals surface area contributed by atoms with Crippen molar-refractivity contribution < 1.29 is 4.79 Å². The molecule has 0 fully saturated rings. The second-order valence-corrected chi connectivity index (χ2v) is 5.67. The molecule has 1 N–H and O–H groups in total. The molecule has 2 aromatic heterocycles. The van der Waals surface area contributed by atoms with E-state index in [-0.39, 0.29) is 11.7 Å². The molecule has 0 aliphatic heterocycles. The summed E-state index contributed by atoms with van der Waals surface area (Å²) in [4.78, 5) is 16.1. The summed E-state index contributed by atoms with van der Waals surface area (Å²) < 4.78 is 1.99. The molecule has 0 atom stereocenters. The topological polar surface area (TPSA) is 72.7 Å². The van der Waals surface area contributed by atoms with Crippen LogP contribution >= 0.6 is 11.8 Å². The summed E-state index contributed by atoms with van der Waals surface area (Å²) in [6.07, 6.45) is 1.64. The summed E-state index contributed by atoms with van der Waals surface area (Å²) in [7, 11) is 1.95. The number of rotatable bonds is 5. The van der Waals surface area contributed by atoms with Crippen LogP contribution in [0.25, 0.3) is 22.1 Å². The summed E-state index contributed by atoms with van der Waals surface area (Å²) in [5.41, 5.74) is 2.61. The first-order valence-corrected chi connectivity index (χ1v) is 7.77. The van der Waals surface area contributed by atoms with Crippen molar-refractivity contribution in [2.75, 3.05) is 12.3 Å². The van der Waals surface area contributed by atoms with Crippen molar-refractivity contribution in [2.45, 2.75) is 5.16 Å². The van der Waals surface area contributed by atoms with Crippen LogP contribution in [-0.2, 0) is 11.8 Å². The van der Waals surface area contributed by atoms with Gasteiger partial charge >= 0.3 is 0 Å². The van der Waals surface area contributed by atoms with Gasteiger partial charge in [-0.15, -0.1) is 16.8 Å². The Balaban J connectivity index is 1.87. The van der Waals surface area contributed by atoms with E-state index in [4.69, 9.17) is 0 Å². The highest BCUT2D eigenvalue weighted by molar-refractivity contribution is 7.99. The first kappa shape index (κ1) is 14.5. The molecule has 0 saturated carbocycles. The van der Waals surface area contributed by atoms with Crippen molar-refractivity contribution >= 4 is 39.7 Å². The Bertz CT molecular complexity index is 858. The van der Waals surface area contributed by atoms with Gasteiger partial charge in [0.05, 0.1) is 11.3 Å². The number of carbonyl (C=O) groups is 1. The van der Waals surface area contributed by atoms with E-state index in [0.717, 1.165) is 22.1 Å². The first-order valence-electron chi connectivity index (χ1n) is 6.79. The van der Waals surface area contributed by atoms with Crippen LogP contribution in [-0.4, -0.2) is 38.0 Å². The molecule has 22 heavy (non-hydrogen) atoms. The van der Waals surface area contributed by atoms with Gasteiger partial charge in [0.2, 0.25) is 11.1 Å². The molecule has 0 aliphatic carbocycles. The quantitative estimate of drug-likeness (QED) is 0.575. The summed E-state index contributed by atoms with van der Waals surface area (Å²) in [6, 6.07) is 7.97. The summed E-state index contributed by atoms with van der Waals surface area (Å²) >= 11 is 1.27. The minimum atomic E-state index is -0.0781. The number of fused-ring (bicyclic) bond motifs is 3. The van der Waals surface area contributed by atoms with Crippen LogP contribution in [0, 0.1) is 0 Å². The van der Waals surface area contributed by atoms with E-state index in [0.29, 0.717) is 11.7 Å². The van der Waals surface area contributed by atoms with Gasteiger partial charge in [0.1, 0.15) is 5.52 Å². The van der Waals surface area contributed by atoms with Crippen molar-refractivity contribution in [1.82, 2.24) is 25.1 Å². The summed E-state index contributed by atoms with van der Waals surface area (Å²) in [5.74, 6) is 0.177. The molecular formula is C15H15N5OS. The molecule has 0 radical (unpaired) electrons. The van der Waals surface area contributed by atoms with Crippen LogP contribution in [0.2, 0.25) is 0 Å². The maximum absolute atomic E-state index is 11.6. The van der Waals surface area contributed by atoms with E-state index >= 15 is 0 Å². The third-order valence-electron chi connectivity index (χ3n) is 3.26. The van der Waals surface area contributed by atoms with Crippen LogP contribution < -0.4 is 5.32 Å². The average molecular weight is 313 g/mol. The number of hydrogen-bond acceptors (Lipinski definition) is 5. The molecule has 1 aromatic carbocycles. The molecule has 0 spiro atoms. The largest absolute Gasteiger partial charge is 0.352 e. The van der Waals surface area contributed by atoms with Gasteiger partial charge < -0.3 is 9.88 Å². The fourth-order valence-corrected chi connectivity index (χ4v) is 2.83. The lowest BCUT2D eigenvalue weighted by atomic mass is 10.2. The highest BCUT2D eigenvalue weighted by Gasteiger charge is 2.13. The normalized spacial score (nSPS) is 11.0. The molecule has 6 nitrogen and oxygen atoms in total. The Morgan fingerprint density at radius 1 is 1.41 bits per heavy atom. The van der Waals surface area contributed by atoms with Crippen LogP contribution in [0.15, 0.2) is 42.1 Å². The van der Waals surface area contributed by atoms with Crippen LogP contribution in [0.5, 0.6) is 0 Å². The average Bonchev–Trinajstić information content (AvgIpc) is 2.84. The smallest absolute Gasteiger partial charge is 0.230 e. The Morgan fingerprint density at radius 2 is 2.23 bits per heavy atom. The SMILES string of the molecule is C=CCNC(=O)CSc1nnc2c3ccccc3n(C)c2n1. The van der Waals surface area contributed by atoms with Gasteiger partial charge in [-0.05, 0) is 6.07 Å². The summed E-state index contributed by atoms with van der Waals surface area (Å²) in [6.45, 7) is 4.02. The maximum Gasteiger partial charge on any atom is 0.230 e. The lowest BCUT2D eigenvalue weighted by molar-refractivity contribution is -0.118. The Labute approximate surface area is 131 Å². The van der Waals surface area contributed by atoms with E-state index in [1.807, 2.05) is 35.9 Å². The molecule has 2 heterocycles. The summed E-state index contributed by atoms with van der Waals surface area (Å²) in [5, 5.41) is 12.6. The molecule has 1 amide bonds. The van der Waals surface area contributed by atoms with E-state index in [1.165, 1.54) is 11.8 Å². The van der Waals surface area contributed by atoms with Gasteiger partial charge in [-0.3, -0.25) is 4.79 Å². The van der Waals surface area contributed by atoms with Gasteiger partial charge in [0.15, 0.2) is 5.65 Å². The zero-order valence-electron chi connectivity index (χ0n) is 12.1. The highest BCUT2D eigenvalue weighted by Crippen LogP contribution is 2.25. The molecule has 0 bridgehead atoms. The van der Waals surface area contributed by atoms with Crippen molar-refractivity contribution in [3.63, 3.8) is 0 Å². The molecular weight excluding hydrogens is 298 g/mol. The third kappa shape index (κ3) is 2.67. The number of amides is 1. The molecule has 112 valence electrons. The number of carbonyl (C=O) groups excluding carboxylic acids is 1. The van der Waals surface area contributed by atoms with E-state index in [9.17, 15) is 4.79 Å². The minimum Gasteiger partial charge on any atom is -0.352 e. The van der Waals surface area contributed by atoms with Gasteiger partial charge in [-0.25, -0.2) is 4.98 Å². The number of aromatic nitrogens is 4. The zero-order valence-corrected chi connectivity index (χ0v) is 12.9. The molecule has 0 saturated heterocycles. The minimum absolute atomic E-state index is 0.0781. The standard InChI is InChI=1S/C15H15N5OS/c1-3-8-16-12(21)9-22-15-17-14-13(18-19-15)10-6-4-5-7-11(10)20(14)2/h3-7H,1,8-9H2,2H3,(H,16,21). The predicted molar refractivity (Wildman–Crippen MR) is 87.7 cm³/mol. The molecule has 7 heteroatoms. The number of para-hydroxylation sites is 1. The van der Waals surface area contributed by atoms with Crippen molar-refractivity contribution in [3.8, 4) is 0 Å². The number of hydrogen-bond donors (Lipinski definition) is 1. The first-order chi connectivity index (χ1) is 10.7. The van der Waals surface area contributed by atoms with Crippen LogP contribution in [0.1, 0.15) is 0 Å². The van der Waals surface area contributed by atoms with Crippen LogP contribution in [0.3, 0.4) is 0 Å². The maximum atomic E-state index is 11.6. The second-order valence-electron chi connectivity index (χ2n) is 4.72. The number of benzene rings is 1. The van der Waals surface area contributed by atoms with Crippen LogP contribution in [0.4, 0.5) is 0 Å². The van der Waals surface area contributed by atoms with Gasteiger partial charge in [-0.2, -0.15) is 0 Å². The fourth-order valence-electron chi connectivity index (χ4n) is 2.22. The Kier molecular flexibility index (Phi) is 4.06. The number of thioether (sulfide) groups is 1. The number of aryl methyl sites for hydroxylation is 1. The Hall–Kier alpha value is -2.41. The van der Waals surface area contributed by atoms with Crippen molar-refractivity contribution in [2.24, 2.45) is 7.05 Å². The predicted octanol–water partition coefficient (Wildman–Crippen LogP) is 1.91. The van der Waals surface area contributed by atoms with Crippen molar-refractivity contribution in [1.29, 1.82) is 0 Å². The molecule has 0 unspecified atom stereocenters. The third-order valence-corrected chi connectivity index (χ3v) is 4.10. The Morgan fingerprint density at radius 3 is 3.05 bits per heavy atom. The van der Waals surface area contributed by atoms with Gasteiger partial charge in [-0.1, -0.05) is 36.0 Å². The number of nitrogens with one attached hydrogen (secondary N) is 1.